The Bertz CT molecular complexity index is 1460. The molecule has 2 N–H and O–H groups in total. The van der Waals surface area contributed by atoms with Crippen LogP contribution in [0.3, 0.4) is 0 Å². The molecule has 5 rings (SSSR count). The van der Waals surface area contributed by atoms with Crippen molar-refractivity contribution in [2.45, 2.75) is 58.7 Å². The van der Waals surface area contributed by atoms with Gasteiger partial charge in [0.25, 0.3) is 0 Å². The first-order valence-corrected chi connectivity index (χ1v) is 18.7. The molecule has 9 nitrogen and oxygen atoms in total. The second-order valence-corrected chi connectivity index (χ2v) is 16.3. The summed E-state index contributed by atoms with van der Waals surface area (Å²) in [7, 11) is -2.52. The highest BCUT2D eigenvalue weighted by atomic mass is 35.5. The predicted octanol–water partition coefficient (Wildman–Crippen LogP) is 6.65. The number of hydrogen-bond acceptors (Lipinski definition) is 9. The maximum absolute atomic E-state index is 12.9. The van der Waals surface area contributed by atoms with Gasteiger partial charge >= 0.3 is 0 Å². The topological polar surface area (TPSA) is 85.9 Å². The third-order valence-electron chi connectivity index (χ3n) is 8.48. The van der Waals surface area contributed by atoms with E-state index < -0.39 is 7.14 Å². The van der Waals surface area contributed by atoms with E-state index in [4.69, 9.17) is 16.3 Å². The Morgan fingerprint density at radius 1 is 0.932 bits per heavy atom. The van der Waals surface area contributed by atoms with Crippen molar-refractivity contribution in [3.05, 3.63) is 53.7 Å². The van der Waals surface area contributed by atoms with Gasteiger partial charge in [-0.25, -0.2) is 4.98 Å². The van der Waals surface area contributed by atoms with Crippen molar-refractivity contribution in [3.8, 4) is 5.75 Å². The molecule has 2 saturated heterocycles. The minimum absolute atomic E-state index is 0.000290. The van der Waals surface area contributed by atoms with Crippen LogP contribution >= 0.6 is 18.7 Å². The number of rotatable bonds is 10. The smallest absolute Gasteiger partial charge is 0.229 e. The average molecular weight is 640 g/mol. The Labute approximate surface area is 267 Å². The number of anilines is 5. The van der Waals surface area contributed by atoms with E-state index in [1.54, 1.807) is 19.5 Å². The van der Waals surface area contributed by atoms with Gasteiger partial charge in [-0.1, -0.05) is 23.7 Å². The molecule has 0 unspecified atom stereocenters. The Morgan fingerprint density at radius 3 is 2.30 bits per heavy atom. The highest BCUT2D eigenvalue weighted by Crippen LogP contribution is 2.39. The molecule has 44 heavy (non-hydrogen) atoms. The number of benzene rings is 2. The molecule has 1 aromatic heterocycles. The van der Waals surface area contributed by atoms with Crippen molar-refractivity contribution in [2.75, 3.05) is 68.1 Å². The first-order chi connectivity index (χ1) is 21.0. The summed E-state index contributed by atoms with van der Waals surface area (Å²) >= 11 is 6.48. The van der Waals surface area contributed by atoms with Crippen LogP contribution in [-0.4, -0.2) is 90.6 Å². The van der Waals surface area contributed by atoms with Gasteiger partial charge in [0.2, 0.25) is 5.95 Å². The number of nitrogens with one attached hydrogen (secondary N) is 2. The van der Waals surface area contributed by atoms with Gasteiger partial charge in [0.15, 0.2) is 5.82 Å². The second kappa shape index (κ2) is 14.1. The Balaban J connectivity index is 1.28. The van der Waals surface area contributed by atoms with Crippen LogP contribution in [0.1, 0.15) is 40.5 Å². The van der Waals surface area contributed by atoms with Gasteiger partial charge in [0, 0.05) is 68.4 Å². The molecule has 2 aliphatic heterocycles. The van der Waals surface area contributed by atoms with Crippen LogP contribution in [0.2, 0.25) is 5.02 Å². The van der Waals surface area contributed by atoms with Gasteiger partial charge in [-0.2, -0.15) is 4.98 Å². The lowest BCUT2D eigenvalue weighted by Gasteiger charge is -2.44. The molecule has 11 heteroatoms. The summed E-state index contributed by atoms with van der Waals surface area (Å²) in [4.78, 5) is 16.8. The number of hydrogen-bond donors (Lipinski definition) is 2. The predicted molar refractivity (Wildman–Crippen MR) is 185 cm³/mol. The van der Waals surface area contributed by atoms with Gasteiger partial charge < -0.3 is 24.8 Å². The van der Waals surface area contributed by atoms with Gasteiger partial charge in [-0.15, -0.1) is 0 Å². The molecule has 0 saturated carbocycles. The van der Waals surface area contributed by atoms with Crippen LogP contribution in [0.5, 0.6) is 5.75 Å². The van der Waals surface area contributed by atoms with E-state index in [0.717, 1.165) is 35.5 Å². The zero-order chi connectivity index (χ0) is 31.4. The number of piperidine rings is 1. The molecular formula is C33H47ClN7O2P. The highest BCUT2D eigenvalue weighted by Gasteiger charge is 2.28. The second-order valence-electron chi connectivity index (χ2n) is 12.7. The molecule has 0 radical (unpaired) electrons. The van der Waals surface area contributed by atoms with E-state index in [2.05, 4.69) is 61.3 Å². The molecule has 238 valence electrons. The molecule has 3 heterocycles. The van der Waals surface area contributed by atoms with Crippen LogP contribution in [0.25, 0.3) is 0 Å². The SMILES string of the molecule is CC(C)Oc1cc(N2CCC(N3CCN(C(C)C)CC3)CC2)ccc1Nc1ncc(Cl)c(Nc2ccccc2P(C)(C)=O)n1. The third-order valence-corrected chi connectivity index (χ3v) is 10.3. The molecular weight excluding hydrogens is 593 g/mol. The molecule has 2 aliphatic rings. The van der Waals surface area contributed by atoms with Gasteiger partial charge in [0.05, 0.1) is 23.7 Å². The molecule has 0 bridgehead atoms. The van der Waals surface area contributed by atoms with Crippen LogP contribution in [0, 0.1) is 0 Å². The van der Waals surface area contributed by atoms with Crippen molar-refractivity contribution in [1.29, 1.82) is 0 Å². The molecule has 3 aromatic rings. The van der Waals surface area contributed by atoms with Gasteiger partial charge in [-0.3, -0.25) is 9.80 Å². The van der Waals surface area contributed by atoms with Crippen LogP contribution in [0.4, 0.5) is 28.8 Å². The van der Waals surface area contributed by atoms with E-state index in [9.17, 15) is 4.57 Å². The van der Waals surface area contributed by atoms with Crippen molar-refractivity contribution in [3.63, 3.8) is 0 Å². The normalized spacial score (nSPS) is 17.3. The van der Waals surface area contributed by atoms with Crippen LogP contribution in [0.15, 0.2) is 48.7 Å². The maximum Gasteiger partial charge on any atom is 0.229 e. The maximum atomic E-state index is 12.9. The van der Waals surface area contributed by atoms with Crippen molar-refractivity contribution in [2.24, 2.45) is 0 Å². The summed E-state index contributed by atoms with van der Waals surface area (Å²) in [5.41, 5.74) is 2.65. The fourth-order valence-corrected chi connectivity index (χ4v) is 7.38. The van der Waals surface area contributed by atoms with E-state index in [1.807, 2.05) is 44.2 Å². The summed E-state index contributed by atoms with van der Waals surface area (Å²) in [5.74, 6) is 1.56. The van der Waals surface area contributed by atoms with E-state index >= 15 is 0 Å². The Hall–Kier alpha value is -2.84. The zero-order valence-electron chi connectivity index (χ0n) is 26.9. The quantitative estimate of drug-likeness (QED) is 0.237. The number of para-hydroxylation sites is 1. The summed E-state index contributed by atoms with van der Waals surface area (Å²) < 4.78 is 19.1. The zero-order valence-corrected chi connectivity index (χ0v) is 28.5. The van der Waals surface area contributed by atoms with E-state index in [-0.39, 0.29) is 6.10 Å². The fraction of sp³-hybridized carbons (Fsp3) is 0.515. The van der Waals surface area contributed by atoms with Crippen molar-refractivity contribution >= 4 is 52.9 Å². The minimum atomic E-state index is -2.52. The summed E-state index contributed by atoms with van der Waals surface area (Å²) in [6, 6.07) is 15.1. The minimum Gasteiger partial charge on any atom is -0.489 e. The largest absolute Gasteiger partial charge is 0.489 e. The van der Waals surface area contributed by atoms with Gasteiger partial charge in [-0.05, 0) is 78.1 Å². The third kappa shape index (κ3) is 8.05. The summed E-state index contributed by atoms with van der Waals surface area (Å²) in [6.45, 7) is 18.9. The van der Waals surface area contributed by atoms with E-state index in [0.29, 0.717) is 34.6 Å². The number of nitrogens with zero attached hydrogens (tertiary/aromatic N) is 5. The van der Waals surface area contributed by atoms with Crippen molar-refractivity contribution in [1.82, 2.24) is 19.8 Å². The first-order valence-electron chi connectivity index (χ1n) is 15.7. The molecule has 0 amide bonds. The van der Waals surface area contributed by atoms with Crippen molar-refractivity contribution < 1.29 is 9.30 Å². The molecule has 2 fully saturated rings. The molecule has 0 aliphatic carbocycles. The first kappa shape index (κ1) is 32.6. The summed E-state index contributed by atoms with van der Waals surface area (Å²) in [6.07, 6.45) is 3.90. The Kier molecular flexibility index (Phi) is 10.4. The molecule has 2 aromatic carbocycles. The Morgan fingerprint density at radius 2 is 1.64 bits per heavy atom. The van der Waals surface area contributed by atoms with Gasteiger partial charge in [0.1, 0.15) is 17.9 Å². The number of aromatic nitrogens is 2. The van der Waals surface area contributed by atoms with Crippen LogP contribution < -0.4 is 25.6 Å². The number of ether oxygens (including phenoxy) is 1. The number of halogens is 1. The molecule has 0 atom stereocenters. The monoisotopic (exact) mass is 639 g/mol. The fourth-order valence-electron chi connectivity index (χ4n) is 6.08. The molecule has 0 spiro atoms. The van der Waals surface area contributed by atoms with Crippen LogP contribution in [-0.2, 0) is 4.57 Å². The lowest BCUT2D eigenvalue weighted by molar-refractivity contribution is 0.0692. The average Bonchev–Trinajstić information content (AvgIpc) is 2.99. The highest BCUT2D eigenvalue weighted by molar-refractivity contribution is 7.70. The van der Waals surface area contributed by atoms with E-state index in [1.165, 1.54) is 39.0 Å². The lowest BCUT2D eigenvalue weighted by Crippen LogP contribution is -2.54. The standard InChI is InChI=1S/C33H47ClN7O2P/c1-23(2)39-17-19-41(20-18-39)25-13-15-40(16-14-25)26-11-12-28(30(21-26)43-24(3)4)37-33-35-22-27(34)32(38-33)36-29-9-7-8-10-31(29)44(5,6)42/h7-12,21-25H,13-20H2,1-6H3,(H2,35,36,37,38). The lowest BCUT2D eigenvalue weighted by atomic mass is 10.0. The number of piperazine rings is 1. The summed E-state index contributed by atoms with van der Waals surface area (Å²) in [5, 5.41) is 7.71.